The first-order chi connectivity index (χ1) is 15.7. The maximum absolute atomic E-state index is 8.79. The predicted octanol–water partition coefficient (Wildman–Crippen LogP) is 8.67. The minimum absolute atomic E-state index is 0.189. The van der Waals surface area contributed by atoms with E-state index in [1.165, 1.54) is 60.8 Å². The van der Waals surface area contributed by atoms with Crippen molar-refractivity contribution in [2.45, 2.75) is 119 Å². The van der Waals surface area contributed by atoms with Crippen LogP contribution in [0.25, 0.3) is 0 Å². The molecule has 0 saturated carbocycles. The number of nitrogens with one attached hydrogen (secondary N) is 2. The van der Waals surface area contributed by atoms with Crippen molar-refractivity contribution in [1.29, 1.82) is 5.41 Å². The molecule has 0 amide bonds. The number of unbranched alkanes of at least 4 members (excludes halogenated alkanes) is 1. The second kappa shape index (κ2) is 21.0. The van der Waals surface area contributed by atoms with E-state index in [0.717, 1.165) is 32.1 Å². The Labute approximate surface area is 206 Å². The highest BCUT2D eigenvalue weighted by Gasteiger charge is 2.05. The maximum atomic E-state index is 8.79. The van der Waals surface area contributed by atoms with Crippen molar-refractivity contribution in [3.05, 3.63) is 46.6 Å². The highest BCUT2D eigenvalue weighted by atomic mass is 16.3. The Hall–Kier alpha value is -1.61. The van der Waals surface area contributed by atoms with Crippen LogP contribution < -0.4 is 5.32 Å². The van der Waals surface area contributed by atoms with Gasteiger partial charge in [0.2, 0.25) is 0 Å². The van der Waals surface area contributed by atoms with Gasteiger partial charge in [0.25, 0.3) is 0 Å². The van der Waals surface area contributed by atoms with E-state index in [1.807, 2.05) is 0 Å². The maximum Gasteiger partial charge on any atom is 0.0931 e. The van der Waals surface area contributed by atoms with Gasteiger partial charge < -0.3 is 10.4 Å². The molecule has 0 aromatic heterocycles. The zero-order valence-electron chi connectivity index (χ0n) is 22.7. The molecule has 0 fully saturated rings. The molecule has 1 atom stereocenters. The Morgan fingerprint density at radius 3 is 1.85 bits per heavy atom. The monoisotopic (exact) mass is 458 g/mol. The van der Waals surface area contributed by atoms with E-state index in [-0.39, 0.29) is 6.61 Å². The van der Waals surface area contributed by atoms with E-state index in [9.17, 15) is 0 Å². The molecule has 0 aliphatic carbocycles. The molecule has 0 rings (SSSR count). The number of hydrogen-bond acceptors (Lipinski definition) is 2. The van der Waals surface area contributed by atoms with Crippen LogP contribution in [-0.2, 0) is 0 Å². The molecule has 0 aromatic carbocycles. The fourth-order valence-corrected chi connectivity index (χ4v) is 3.77. The number of aliphatic hydroxyl groups is 1. The summed E-state index contributed by atoms with van der Waals surface area (Å²) in [6.45, 7) is 14.3. The lowest BCUT2D eigenvalue weighted by atomic mass is 9.96. The second-order valence-corrected chi connectivity index (χ2v) is 10.1. The molecule has 0 heterocycles. The first-order valence-electron chi connectivity index (χ1n) is 13.3. The largest absolute Gasteiger partial charge is 0.396 e. The minimum Gasteiger partial charge on any atom is -0.396 e. The molecule has 33 heavy (non-hydrogen) atoms. The number of allylic oxidation sites excluding steroid dienone is 8. The highest BCUT2D eigenvalue weighted by Crippen LogP contribution is 2.17. The Kier molecular flexibility index (Phi) is 19.9. The molecule has 1 unspecified atom stereocenters. The van der Waals surface area contributed by atoms with Crippen molar-refractivity contribution >= 4 is 5.84 Å². The quantitative estimate of drug-likeness (QED) is 0.0784. The lowest BCUT2D eigenvalue weighted by Crippen LogP contribution is -2.24. The van der Waals surface area contributed by atoms with Crippen LogP contribution in [0.15, 0.2) is 46.6 Å². The van der Waals surface area contributed by atoms with Crippen LogP contribution in [-0.4, -0.2) is 24.1 Å². The average molecular weight is 459 g/mol. The summed E-state index contributed by atoms with van der Waals surface area (Å²) in [6, 6.07) is 0. The van der Waals surface area contributed by atoms with Gasteiger partial charge in [-0.3, -0.25) is 5.41 Å². The fourth-order valence-electron chi connectivity index (χ4n) is 3.77. The number of rotatable bonds is 19. The molecular weight excluding hydrogens is 404 g/mol. The van der Waals surface area contributed by atoms with E-state index in [2.05, 4.69) is 71.2 Å². The minimum atomic E-state index is 0.189. The van der Waals surface area contributed by atoms with Crippen LogP contribution in [0.4, 0.5) is 0 Å². The molecule has 190 valence electrons. The van der Waals surface area contributed by atoms with Gasteiger partial charge in [-0.25, -0.2) is 0 Å². The number of hydrogen-bond donors (Lipinski definition) is 3. The Balaban J connectivity index is 3.93. The topological polar surface area (TPSA) is 56.1 Å². The van der Waals surface area contributed by atoms with Crippen LogP contribution in [0.5, 0.6) is 0 Å². The van der Waals surface area contributed by atoms with Crippen LogP contribution in [0.3, 0.4) is 0 Å². The summed E-state index contributed by atoms with van der Waals surface area (Å²) in [7, 11) is 0. The summed E-state index contributed by atoms with van der Waals surface area (Å²) in [5.74, 6) is 1.27. The van der Waals surface area contributed by atoms with Crippen LogP contribution in [0.1, 0.15) is 119 Å². The van der Waals surface area contributed by atoms with Gasteiger partial charge in [-0.15, -0.1) is 0 Å². The van der Waals surface area contributed by atoms with Crippen molar-refractivity contribution in [3.63, 3.8) is 0 Å². The summed E-state index contributed by atoms with van der Waals surface area (Å²) in [5, 5.41) is 19.8. The van der Waals surface area contributed by atoms with E-state index in [1.54, 1.807) is 0 Å². The molecule has 0 aliphatic heterocycles. The Morgan fingerprint density at radius 1 is 0.727 bits per heavy atom. The second-order valence-electron chi connectivity index (χ2n) is 10.1. The Morgan fingerprint density at radius 2 is 1.27 bits per heavy atom. The van der Waals surface area contributed by atoms with E-state index in [4.69, 9.17) is 10.5 Å². The van der Waals surface area contributed by atoms with Crippen LogP contribution in [0.2, 0.25) is 0 Å². The van der Waals surface area contributed by atoms with Crippen LogP contribution in [0, 0.1) is 11.3 Å². The van der Waals surface area contributed by atoms with Crippen molar-refractivity contribution < 1.29 is 5.11 Å². The van der Waals surface area contributed by atoms with Crippen molar-refractivity contribution in [1.82, 2.24) is 5.32 Å². The van der Waals surface area contributed by atoms with Crippen molar-refractivity contribution in [3.8, 4) is 0 Å². The molecule has 0 saturated heterocycles. The lowest BCUT2D eigenvalue weighted by Gasteiger charge is -2.13. The molecule has 3 N–H and O–H groups in total. The third-order valence-corrected chi connectivity index (χ3v) is 6.10. The molecule has 0 radical (unpaired) electrons. The molecule has 0 spiro atoms. The lowest BCUT2D eigenvalue weighted by molar-refractivity contribution is 0.289. The van der Waals surface area contributed by atoms with Gasteiger partial charge in [0.1, 0.15) is 0 Å². The zero-order chi connectivity index (χ0) is 24.9. The third kappa shape index (κ3) is 22.0. The van der Waals surface area contributed by atoms with Crippen molar-refractivity contribution in [2.75, 3.05) is 13.2 Å². The Bertz CT molecular complexity index is 636. The number of aliphatic hydroxyl groups excluding tert-OH is 1. The zero-order valence-corrected chi connectivity index (χ0v) is 22.7. The summed E-state index contributed by atoms with van der Waals surface area (Å²) < 4.78 is 0. The average Bonchev–Trinajstić information content (AvgIpc) is 2.75. The first-order valence-corrected chi connectivity index (χ1v) is 13.3. The summed E-state index contributed by atoms with van der Waals surface area (Å²) in [4.78, 5) is 0. The van der Waals surface area contributed by atoms with Gasteiger partial charge in [0.05, 0.1) is 5.84 Å². The highest BCUT2D eigenvalue weighted by molar-refractivity contribution is 5.78. The van der Waals surface area contributed by atoms with Gasteiger partial charge in [-0.05, 0) is 105 Å². The van der Waals surface area contributed by atoms with Gasteiger partial charge >= 0.3 is 0 Å². The van der Waals surface area contributed by atoms with E-state index >= 15 is 0 Å². The summed E-state index contributed by atoms with van der Waals surface area (Å²) in [5.41, 5.74) is 5.96. The molecule has 0 aromatic rings. The van der Waals surface area contributed by atoms with Gasteiger partial charge in [0, 0.05) is 19.6 Å². The molecule has 0 bridgehead atoms. The van der Waals surface area contributed by atoms with Crippen molar-refractivity contribution in [2.24, 2.45) is 5.92 Å². The first kappa shape index (κ1) is 31.4. The third-order valence-electron chi connectivity index (χ3n) is 6.10. The van der Waals surface area contributed by atoms with E-state index in [0.29, 0.717) is 24.7 Å². The number of amidine groups is 1. The molecule has 3 nitrogen and oxygen atoms in total. The predicted molar refractivity (Wildman–Crippen MR) is 148 cm³/mol. The molecule has 3 heteroatoms. The smallest absolute Gasteiger partial charge is 0.0931 e. The molecule has 0 aliphatic rings. The van der Waals surface area contributed by atoms with Gasteiger partial charge in [0.15, 0.2) is 0 Å². The standard InChI is InChI=1S/C30H54N2O/c1-25(2)13-9-16-28(5)19-10-17-26(3)14-7-8-15-27(4)18-11-20-29(6)21-22-30(31)32-23-12-24-33/h13-15,19,29,33H,7-12,16-18,20-24H2,1-6H3,(H2,31,32)/b26-14+,27-15+,28-19+. The van der Waals surface area contributed by atoms with Crippen LogP contribution >= 0.6 is 0 Å². The summed E-state index contributed by atoms with van der Waals surface area (Å²) >= 11 is 0. The van der Waals surface area contributed by atoms with E-state index < -0.39 is 0 Å². The van der Waals surface area contributed by atoms with Gasteiger partial charge in [-0.1, -0.05) is 59.9 Å². The van der Waals surface area contributed by atoms with Gasteiger partial charge in [-0.2, -0.15) is 0 Å². The summed E-state index contributed by atoms with van der Waals surface area (Å²) in [6.07, 6.45) is 22.8. The molecular formula is C30H54N2O. The SMILES string of the molecule is CC(C)=CCC/C(C)=C/CC/C(C)=C/CC/C=C(\C)CCCC(C)CCC(=N)NCCCO. The fraction of sp³-hybridized carbons (Fsp3) is 0.700. The normalized spacial score (nSPS) is 13.7.